The Labute approximate surface area is 113 Å². The van der Waals surface area contributed by atoms with Crippen LogP contribution >= 0.6 is 11.3 Å². The molecule has 2 aliphatic carbocycles. The van der Waals surface area contributed by atoms with Crippen molar-refractivity contribution in [2.75, 3.05) is 0 Å². The van der Waals surface area contributed by atoms with E-state index in [1.165, 1.54) is 43.4 Å². The summed E-state index contributed by atoms with van der Waals surface area (Å²) in [7, 11) is 0. The monoisotopic (exact) mass is 263 g/mol. The number of rotatable bonds is 5. The van der Waals surface area contributed by atoms with Gasteiger partial charge in [-0.05, 0) is 43.6 Å². The van der Waals surface area contributed by atoms with Gasteiger partial charge in [-0.25, -0.2) is 0 Å². The second kappa shape index (κ2) is 5.43. The zero-order chi connectivity index (χ0) is 12.4. The van der Waals surface area contributed by atoms with Crippen LogP contribution in [0.5, 0.6) is 0 Å². The van der Waals surface area contributed by atoms with Crippen molar-refractivity contribution in [1.82, 2.24) is 4.90 Å². The molecule has 3 rings (SSSR count). The number of carbonyl (C=O) groups is 1. The van der Waals surface area contributed by atoms with Crippen molar-refractivity contribution in [3.63, 3.8) is 0 Å². The number of carbonyl (C=O) groups excluding carboxylic acids is 1. The molecule has 0 atom stereocenters. The van der Waals surface area contributed by atoms with Gasteiger partial charge in [0.25, 0.3) is 0 Å². The van der Waals surface area contributed by atoms with Gasteiger partial charge in [0.05, 0.1) is 0 Å². The molecule has 2 saturated carbocycles. The Bertz CT molecular complexity index is 391. The number of hydrogen-bond donors (Lipinski definition) is 0. The lowest BCUT2D eigenvalue weighted by Gasteiger charge is -2.29. The van der Waals surface area contributed by atoms with Gasteiger partial charge in [0, 0.05) is 23.4 Å². The van der Waals surface area contributed by atoms with Crippen molar-refractivity contribution in [3.8, 4) is 0 Å². The van der Waals surface area contributed by atoms with E-state index in [1.807, 2.05) is 0 Å². The van der Waals surface area contributed by atoms with E-state index in [9.17, 15) is 4.79 Å². The molecule has 0 bridgehead atoms. The largest absolute Gasteiger partial charge is 0.337 e. The molecule has 0 spiro atoms. The quantitative estimate of drug-likeness (QED) is 0.794. The van der Waals surface area contributed by atoms with E-state index in [0.717, 1.165) is 6.42 Å². The zero-order valence-electron chi connectivity index (χ0n) is 10.8. The van der Waals surface area contributed by atoms with E-state index in [0.29, 0.717) is 24.4 Å². The molecule has 2 aliphatic rings. The predicted octanol–water partition coefficient (Wildman–Crippen LogP) is 3.61. The molecule has 3 heteroatoms. The van der Waals surface area contributed by atoms with Crippen LogP contribution in [-0.4, -0.2) is 22.9 Å². The molecule has 98 valence electrons. The zero-order valence-corrected chi connectivity index (χ0v) is 11.6. The summed E-state index contributed by atoms with van der Waals surface area (Å²) in [6, 6.07) is 5.35. The SMILES string of the molecule is O=C(CCc1cccs1)N(C1CCCC1)C1CC1. The third-order valence-corrected chi connectivity index (χ3v) is 5.05. The Balaban J connectivity index is 1.57. The van der Waals surface area contributed by atoms with Crippen molar-refractivity contribution in [1.29, 1.82) is 0 Å². The van der Waals surface area contributed by atoms with Gasteiger partial charge < -0.3 is 4.90 Å². The summed E-state index contributed by atoms with van der Waals surface area (Å²) >= 11 is 1.76. The number of aryl methyl sites for hydroxylation is 1. The maximum Gasteiger partial charge on any atom is 0.223 e. The van der Waals surface area contributed by atoms with Gasteiger partial charge >= 0.3 is 0 Å². The Morgan fingerprint density at radius 2 is 1.94 bits per heavy atom. The van der Waals surface area contributed by atoms with Crippen LogP contribution in [0, 0.1) is 0 Å². The minimum atomic E-state index is 0.401. The number of nitrogens with zero attached hydrogens (tertiary/aromatic N) is 1. The van der Waals surface area contributed by atoms with E-state index in [1.54, 1.807) is 11.3 Å². The third-order valence-electron chi connectivity index (χ3n) is 4.11. The molecule has 0 N–H and O–H groups in total. The molecule has 0 aromatic carbocycles. The first-order valence-corrected chi connectivity index (χ1v) is 8.06. The van der Waals surface area contributed by atoms with E-state index in [4.69, 9.17) is 0 Å². The average molecular weight is 263 g/mol. The maximum absolute atomic E-state index is 12.4. The predicted molar refractivity (Wildman–Crippen MR) is 74.8 cm³/mol. The summed E-state index contributed by atoms with van der Waals surface area (Å²) in [5, 5.41) is 2.09. The van der Waals surface area contributed by atoms with Crippen LogP contribution in [0.2, 0.25) is 0 Å². The van der Waals surface area contributed by atoms with Crippen molar-refractivity contribution in [2.24, 2.45) is 0 Å². The summed E-state index contributed by atoms with van der Waals surface area (Å²) < 4.78 is 0. The standard InChI is InChI=1S/C15H21NOS/c17-15(10-9-14-6-3-11-18-14)16(13-7-8-13)12-4-1-2-5-12/h3,6,11-13H,1-2,4-5,7-10H2. The molecule has 0 radical (unpaired) electrons. The first-order valence-electron chi connectivity index (χ1n) is 7.18. The molecular formula is C15H21NOS. The van der Waals surface area contributed by atoms with Gasteiger partial charge in [0.15, 0.2) is 0 Å². The molecule has 1 heterocycles. The summed E-state index contributed by atoms with van der Waals surface area (Å²) in [5.41, 5.74) is 0. The van der Waals surface area contributed by atoms with Gasteiger partial charge in [-0.3, -0.25) is 4.79 Å². The summed E-state index contributed by atoms with van der Waals surface area (Å²) in [6.07, 6.45) is 9.20. The second-order valence-corrected chi connectivity index (χ2v) is 6.58. The normalized spacial score (nSPS) is 20.2. The molecule has 2 fully saturated rings. The fourth-order valence-electron chi connectivity index (χ4n) is 3.05. The van der Waals surface area contributed by atoms with E-state index >= 15 is 0 Å². The van der Waals surface area contributed by atoms with Crippen LogP contribution in [0.15, 0.2) is 17.5 Å². The average Bonchev–Trinajstić information content (AvgIpc) is 2.86. The minimum Gasteiger partial charge on any atom is -0.337 e. The second-order valence-electron chi connectivity index (χ2n) is 5.55. The maximum atomic E-state index is 12.4. The molecule has 1 aromatic heterocycles. The van der Waals surface area contributed by atoms with Crippen LogP contribution in [-0.2, 0) is 11.2 Å². The number of amides is 1. The van der Waals surface area contributed by atoms with E-state index < -0.39 is 0 Å². The van der Waals surface area contributed by atoms with Gasteiger partial charge in [0.1, 0.15) is 0 Å². The van der Waals surface area contributed by atoms with Gasteiger partial charge in [0.2, 0.25) is 5.91 Å². The molecule has 0 unspecified atom stereocenters. The van der Waals surface area contributed by atoms with E-state index in [-0.39, 0.29) is 0 Å². The summed E-state index contributed by atoms with van der Waals surface area (Å²) in [6.45, 7) is 0. The molecule has 0 saturated heterocycles. The Kier molecular flexibility index (Phi) is 3.69. The van der Waals surface area contributed by atoms with Crippen molar-refractivity contribution in [3.05, 3.63) is 22.4 Å². The molecule has 18 heavy (non-hydrogen) atoms. The highest BCUT2D eigenvalue weighted by molar-refractivity contribution is 7.09. The van der Waals surface area contributed by atoms with Gasteiger partial charge in [-0.1, -0.05) is 18.9 Å². The van der Waals surface area contributed by atoms with Crippen molar-refractivity contribution < 1.29 is 4.79 Å². The van der Waals surface area contributed by atoms with Gasteiger partial charge in [-0.2, -0.15) is 0 Å². The molecular weight excluding hydrogens is 242 g/mol. The lowest BCUT2D eigenvalue weighted by Crippen LogP contribution is -2.40. The first-order chi connectivity index (χ1) is 8.84. The highest BCUT2D eigenvalue weighted by Crippen LogP contribution is 2.35. The highest BCUT2D eigenvalue weighted by atomic mass is 32.1. The Morgan fingerprint density at radius 1 is 1.22 bits per heavy atom. The fourth-order valence-corrected chi connectivity index (χ4v) is 3.76. The van der Waals surface area contributed by atoms with Gasteiger partial charge in [-0.15, -0.1) is 11.3 Å². The van der Waals surface area contributed by atoms with Crippen molar-refractivity contribution >= 4 is 17.2 Å². The lowest BCUT2D eigenvalue weighted by atomic mass is 10.1. The molecule has 1 amide bonds. The molecule has 1 aromatic rings. The van der Waals surface area contributed by atoms with Crippen LogP contribution in [0.25, 0.3) is 0 Å². The first kappa shape index (κ1) is 12.2. The highest BCUT2D eigenvalue weighted by Gasteiger charge is 2.37. The summed E-state index contributed by atoms with van der Waals surface area (Å²) in [4.78, 5) is 16.0. The van der Waals surface area contributed by atoms with Crippen molar-refractivity contribution in [2.45, 2.75) is 63.5 Å². The topological polar surface area (TPSA) is 20.3 Å². The molecule has 0 aliphatic heterocycles. The van der Waals surface area contributed by atoms with Crippen LogP contribution in [0.3, 0.4) is 0 Å². The van der Waals surface area contributed by atoms with Crippen LogP contribution in [0.1, 0.15) is 49.8 Å². The number of hydrogen-bond acceptors (Lipinski definition) is 2. The van der Waals surface area contributed by atoms with Crippen LogP contribution < -0.4 is 0 Å². The van der Waals surface area contributed by atoms with Crippen LogP contribution in [0.4, 0.5) is 0 Å². The number of thiophene rings is 1. The fraction of sp³-hybridized carbons (Fsp3) is 0.667. The lowest BCUT2D eigenvalue weighted by molar-refractivity contribution is -0.134. The minimum absolute atomic E-state index is 0.401. The third kappa shape index (κ3) is 2.77. The summed E-state index contributed by atoms with van der Waals surface area (Å²) in [5.74, 6) is 0.401. The Morgan fingerprint density at radius 3 is 2.56 bits per heavy atom. The van der Waals surface area contributed by atoms with E-state index in [2.05, 4.69) is 22.4 Å². The Hall–Kier alpha value is -0.830. The molecule has 2 nitrogen and oxygen atoms in total. The smallest absolute Gasteiger partial charge is 0.223 e.